The molecule has 0 rings (SSSR count). The summed E-state index contributed by atoms with van der Waals surface area (Å²) in [7, 11) is 0. The number of hydrogen-bond donors (Lipinski definition) is 2. The summed E-state index contributed by atoms with van der Waals surface area (Å²) >= 11 is 0. The van der Waals surface area contributed by atoms with Crippen molar-refractivity contribution in [3.05, 3.63) is 0 Å². The van der Waals surface area contributed by atoms with Gasteiger partial charge in [0.1, 0.15) is 0 Å². The van der Waals surface area contributed by atoms with Crippen LogP contribution in [0.5, 0.6) is 0 Å². The molecule has 0 aliphatic carbocycles. The number of aliphatic hydroxyl groups is 1. The maximum absolute atomic E-state index is 10.5. The van der Waals surface area contributed by atoms with Gasteiger partial charge < -0.3 is 14.9 Å². The van der Waals surface area contributed by atoms with Gasteiger partial charge in [0.2, 0.25) is 0 Å². The summed E-state index contributed by atoms with van der Waals surface area (Å²) in [5.41, 5.74) is 0. The van der Waals surface area contributed by atoms with Crippen LogP contribution in [0.15, 0.2) is 0 Å². The highest BCUT2D eigenvalue weighted by Gasteiger charge is 2.08. The molecule has 0 aliphatic rings. The van der Waals surface area contributed by atoms with Crippen LogP contribution in [0.4, 0.5) is 0 Å². The Kier molecular flexibility index (Phi) is 4.21. The molecule has 64 valence electrons. The van der Waals surface area contributed by atoms with E-state index in [1.54, 1.807) is 0 Å². The van der Waals surface area contributed by atoms with Crippen molar-refractivity contribution in [2.75, 3.05) is 0 Å². The quantitative estimate of drug-likeness (QED) is 0.439. The molecular weight excluding hydrogens is 152 g/mol. The molecule has 2 N–H and O–H groups in total. The van der Waals surface area contributed by atoms with Crippen LogP contribution in [0.25, 0.3) is 0 Å². The summed E-state index contributed by atoms with van der Waals surface area (Å²) in [6.45, 7) is 1.28. The zero-order chi connectivity index (χ0) is 8.85. The molecule has 0 amide bonds. The third-order valence-corrected chi connectivity index (χ3v) is 0.845. The minimum Gasteiger partial charge on any atom is -0.481 e. The summed E-state index contributed by atoms with van der Waals surface area (Å²) in [5, 5.41) is 16.6. The van der Waals surface area contributed by atoms with E-state index in [-0.39, 0.29) is 12.8 Å². The fourth-order valence-electron chi connectivity index (χ4n) is 0.458. The predicted octanol–water partition coefficient (Wildman–Crippen LogP) is -0.267. The van der Waals surface area contributed by atoms with Crippen molar-refractivity contribution in [1.29, 1.82) is 0 Å². The molecule has 0 saturated carbocycles. The van der Waals surface area contributed by atoms with Crippen LogP contribution in [-0.4, -0.2) is 28.4 Å². The van der Waals surface area contributed by atoms with E-state index in [4.69, 9.17) is 10.2 Å². The average Bonchev–Trinajstić information content (AvgIpc) is 1.82. The Morgan fingerprint density at radius 1 is 1.45 bits per heavy atom. The Morgan fingerprint density at radius 2 is 2.00 bits per heavy atom. The number of carbonyl (C=O) groups excluding carboxylic acids is 1. The minimum atomic E-state index is -1.17. The van der Waals surface area contributed by atoms with Crippen molar-refractivity contribution < 1.29 is 24.5 Å². The van der Waals surface area contributed by atoms with Crippen molar-refractivity contribution in [2.24, 2.45) is 0 Å². The monoisotopic (exact) mass is 162 g/mol. The number of ether oxygens (including phenoxy) is 1. The van der Waals surface area contributed by atoms with E-state index in [1.807, 2.05) is 0 Å². The SMILES string of the molecule is CC(O)OC(=O)CCC(=O)O. The lowest BCUT2D eigenvalue weighted by Gasteiger charge is -2.04. The van der Waals surface area contributed by atoms with Crippen molar-refractivity contribution in [2.45, 2.75) is 26.1 Å². The number of carboxylic acids is 1. The Bertz CT molecular complexity index is 151. The summed E-state index contributed by atoms with van der Waals surface area (Å²) in [6.07, 6.45) is -1.65. The number of rotatable bonds is 4. The van der Waals surface area contributed by atoms with Gasteiger partial charge in [0.05, 0.1) is 12.8 Å². The topological polar surface area (TPSA) is 83.8 Å². The van der Waals surface area contributed by atoms with Crippen molar-refractivity contribution in [1.82, 2.24) is 0 Å². The smallest absolute Gasteiger partial charge is 0.308 e. The Balaban J connectivity index is 3.45. The summed E-state index contributed by atoms with van der Waals surface area (Å²) in [5.74, 6) is -1.77. The molecular formula is C6H10O5. The van der Waals surface area contributed by atoms with Crippen molar-refractivity contribution in [3.63, 3.8) is 0 Å². The molecule has 1 unspecified atom stereocenters. The largest absolute Gasteiger partial charge is 0.481 e. The van der Waals surface area contributed by atoms with Gasteiger partial charge in [-0.25, -0.2) is 0 Å². The third kappa shape index (κ3) is 6.79. The van der Waals surface area contributed by atoms with Gasteiger partial charge in [-0.1, -0.05) is 0 Å². The molecule has 0 radical (unpaired) electrons. The van der Waals surface area contributed by atoms with Gasteiger partial charge >= 0.3 is 11.9 Å². The van der Waals surface area contributed by atoms with Crippen molar-refractivity contribution >= 4 is 11.9 Å². The molecule has 1 atom stereocenters. The van der Waals surface area contributed by atoms with E-state index in [2.05, 4.69) is 4.74 Å². The zero-order valence-corrected chi connectivity index (χ0v) is 6.11. The van der Waals surface area contributed by atoms with Gasteiger partial charge in [0.25, 0.3) is 0 Å². The summed E-state index contributed by atoms with van der Waals surface area (Å²) in [4.78, 5) is 20.4. The highest BCUT2D eigenvalue weighted by atomic mass is 16.6. The maximum atomic E-state index is 10.5. The van der Waals surface area contributed by atoms with E-state index in [0.29, 0.717) is 0 Å². The van der Waals surface area contributed by atoms with Gasteiger partial charge in [-0.3, -0.25) is 9.59 Å². The lowest BCUT2D eigenvalue weighted by Crippen LogP contribution is -2.14. The van der Waals surface area contributed by atoms with E-state index >= 15 is 0 Å². The molecule has 0 heterocycles. The molecule has 5 nitrogen and oxygen atoms in total. The number of esters is 1. The first-order valence-electron chi connectivity index (χ1n) is 3.11. The lowest BCUT2D eigenvalue weighted by atomic mass is 10.3. The van der Waals surface area contributed by atoms with Crippen LogP contribution in [0.3, 0.4) is 0 Å². The van der Waals surface area contributed by atoms with E-state index < -0.39 is 18.2 Å². The second-order valence-electron chi connectivity index (χ2n) is 1.98. The van der Waals surface area contributed by atoms with E-state index in [0.717, 1.165) is 0 Å². The highest BCUT2D eigenvalue weighted by molar-refractivity contribution is 5.76. The molecule has 0 fully saturated rings. The van der Waals surface area contributed by atoms with Crippen molar-refractivity contribution in [3.8, 4) is 0 Å². The number of hydrogen-bond acceptors (Lipinski definition) is 4. The Hall–Kier alpha value is -1.10. The van der Waals surface area contributed by atoms with Gasteiger partial charge in [-0.15, -0.1) is 0 Å². The van der Waals surface area contributed by atoms with Gasteiger partial charge in [0, 0.05) is 0 Å². The van der Waals surface area contributed by atoms with Gasteiger partial charge in [-0.05, 0) is 6.92 Å². The number of aliphatic hydroxyl groups excluding tert-OH is 1. The zero-order valence-electron chi connectivity index (χ0n) is 6.11. The molecule has 0 saturated heterocycles. The fourth-order valence-corrected chi connectivity index (χ4v) is 0.458. The minimum absolute atomic E-state index is 0.208. The first kappa shape index (κ1) is 9.90. The van der Waals surface area contributed by atoms with Crippen LogP contribution in [0, 0.1) is 0 Å². The highest BCUT2D eigenvalue weighted by Crippen LogP contribution is 1.94. The van der Waals surface area contributed by atoms with E-state index in [1.165, 1.54) is 6.92 Å². The molecule has 0 aromatic rings. The van der Waals surface area contributed by atoms with E-state index in [9.17, 15) is 9.59 Å². The second-order valence-corrected chi connectivity index (χ2v) is 1.98. The fraction of sp³-hybridized carbons (Fsp3) is 0.667. The van der Waals surface area contributed by atoms with Crippen LogP contribution in [0.1, 0.15) is 19.8 Å². The summed E-state index contributed by atoms with van der Waals surface area (Å²) < 4.78 is 4.25. The van der Waals surface area contributed by atoms with Gasteiger partial charge in [-0.2, -0.15) is 0 Å². The first-order chi connectivity index (χ1) is 5.02. The molecule has 0 aromatic heterocycles. The molecule has 0 aliphatic heterocycles. The Labute approximate surface area is 63.6 Å². The molecule has 5 heteroatoms. The van der Waals surface area contributed by atoms with Crippen LogP contribution < -0.4 is 0 Å². The maximum Gasteiger partial charge on any atom is 0.308 e. The molecule has 0 aromatic carbocycles. The van der Waals surface area contributed by atoms with Crippen LogP contribution in [-0.2, 0) is 14.3 Å². The Morgan fingerprint density at radius 3 is 2.36 bits per heavy atom. The lowest BCUT2D eigenvalue weighted by molar-refractivity contribution is -0.166. The van der Waals surface area contributed by atoms with Crippen LogP contribution in [0.2, 0.25) is 0 Å². The number of carbonyl (C=O) groups is 2. The molecule has 11 heavy (non-hydrogen) atoms. The standard InChI is InChI=1S/C6H10O5/c1-4(7)11-6(10)3-2-5(8)9/h4,7H,2-3H2,1H3,(H,8,9). The average molecular weight is 162 g/mol. The number of aliphatic carboxylic acids is 1. The first-order valence-corrected chi connectivity index (χ1v) is 3.11. The third-order valence-electron chi connectivity index (χ3n) is 0.845. The second kappa shape index (κ2) is 4.68. The summed E-state index contributed by atoms with van der Waals surface area (Å²) in [6, 6.07) is 0. The normalized spacial score (nSPS) is 12.2. The number of carboxylic acid groups (broad SMARTS) is 1. The molecule has 0 spiro atoms. The molecule has 0 bridgehead atoms. The van der Waals surface area contributed by atoms with Crippen LogP contribution >= 0.6 is 0 Å². The predicted molar refractivity (Wildman–Crippen MR) is 34.6 cm³/mol. The van der Waals surface area contributed by atoms with Gasteiger partial charge in [0.15, 0.2) is 6.29 Å².